The van der Waals surface area contributed by atoms with Crippen LogP contribution in [0.5, 0.6) is 5.75 Å². The Morgan fingerprint density at radius 3 is 2.29 bits per heavy atom. The minimum atomic E-state index is -0.0951. The van der Waals surface area contributed by atoms with E-state index in [1.807, 2.05) is 12.1 Å². The molecule has 4 nitrogen and oxygen atoms in total. The summed E-state index contributed by atoms with van der Waals surface area (Å²) in [6.45, 7) is 3.56. The summed E-state index contributed by atoms with van der Waals surface area (Å²) in [4.78, 5) is 11.6. The Hall–Kier alpha value is -1.71. The molecule has 0 radical (unpaired) electrons. The molecule has 118 valence electrons. The fourth-order valence-corrected chi connectivity index (χ4v) is 2.15. The van der Waals surface area contributed by atoms with Gasteiger partial charge in [0.05, 0.1) is 0 Å². The second-order valence-electron chi connectivity index (χ2n) is 5.37. The monoisotopic (exact) mass is 292 g/mol. The number of urea groups is 1. The number of hydrogen-bond acceptors (Lipinski definition) is 2. The Labute approximate surface area is 128 Å². The summed E-state index contributed by atoms with van der Waals surface area (Å²) >= 11 is 0. The predicted octanol–water partition coefficient (Wildman–Crippen LogP) is 3.59. The van der Waals surface area contributed by atoms with Gasteiger partial charge >= 0.3 is 6.03 Å². The van der Waals surface area contributed by atoms with Gasteiger partial charge in [-0.15, -0.1) is 0 Å². The van der Waals surface area contributed by atoms with Crippen LogP contribution in [0.3, 0.4) is 0 Å². The molecule has 0 fully saturated rings. The normalized spacial score (nSPS) is 10.3. The van der Waals surface area contributed by atoms with Gasteiger partial charge in [-0.3, -0.25) is 0 Å². The van der Waals surface area contributed by atoms with Gasteiger partial charge in [0.2, 0.25) is 0 Å². The molecule has 0 unspecified atom stereocenters. The summed E-state index contributed by atoms with van der Waals surface area (Å²) in [5, 5.41) is 14.9. The molecule has 1 aromatic carbocycles. The van der Waals surface area contributed by atoms with Crippen molar-refractivity contribution >= 4 is 6.03 Å². The van der Waals surface area contributed by atoms with E-state index in [2.05, 4.69) is 17.6 Å². The molecule has 21 heavy (non-hydrogen) atoms. The molecule has 0 spiro atoms. The van der Waals surface area contributed by atoms with Gasteiger partial charge in [0, 0.05) is 13.1 Å². The fraction of sp³-hybridized carbons (Fsp3) is 0.588. The Bertz CT molecular complexity index is 390. The minimum Gasteiger partial charge on any atom is -0.508 e. The fourth-order valence-electron chi connectivity index (χ4n) is 2.15. The SMILES string of the molecule is CCCCCCCCNC(=O)NCCc1ccc(O)cc1. The Morgan fingerprint density at radius 1 is 0.952 bits per heavy atom. The zero-order valence-corrected chi connectivity index (χ0v) is 13.0. The van der Waals surface area contributed by atoms with Crippen LogP contribution in [0.4, 0.5) is 4.79 Å². The highest BCUT2D eigenvalue weighted by Gasteiger charge is 1.99. The maximum absolute atomic E-state index is 11.6. The average molecular weight is 292 g/mol. The Morgan fingerprint density at radius 2 is 1.57 bits per heavy atom. The van der Waals surface area contributed by atoms with Gasteiger partial charge in [0.25, 0.3) is 0 Å². The van der Waals surface area contributed by atoms with Crippen LogP contribution in [0, 0.1) is 0 Å². The molecule has 0 heterocycles. The van der Waals surface area contributed by atoms with E-state index in [0.29, 0.717) is 6.54 Å². The van der Waals surface area contributed by atoms with Crippen molar-refractivity contribution in [3.05, 3.63) is 29.8 Å². The number of phenols is 1. The maximum atomic E-state index is 11.6. The second kappa shape index (κ2) is 11.0. The molecule has 4 heteroatoms. The topological polar surface area (TPSA) is 61.4 Å². The average Bonchev–Trinajstić information content (AvgIpc) is 2.48. The van der Waals surface area contributed by atoms with Gasteiger partial charge in [-0.05, 0) is 30.5 Å². The summed E-state index contributed by atoms with van der Waals surface area (Å²) in [5.41, 5.74) is 1.10. The molecule has 0 saturated carbocycles. The van der Waals surface area contributed by atoms with Gasteiger partial charge in [0.1, 0.15) is 5.75 Å². The number of carbonyl (C=O) groups excluding carboxylic acids is 1. The largest absolute Gasteiger partial charge is 0.508 e. The summed E-state index contributed by atoms with van der Waals surface area (Å²) < 4.78 is 0. The smallest absolute Gasteiger partial charge is 0.314 e. The van der Waals surface area contributed by atoms with Crippen LogP contribution in [0.1, 0.15) is 51.0 Å². The quantitative estimate of drug-likeness (QED) is 0.577. The van der Waals surface area contributed by atoms with E-state index in [0.717, 1.165) is 24.9 Å². The number of phenolic OH excluding ortho intramolecular Hbond substituents is 1. The molecule has 0 aromatic heterocycles. The van der Waals surface area contributed by atoms with Crippen molar-refractivity contribution < 1.29 is 9.90 Å². The molecule has 1 rings (SSSR count). The van der Waals surface area contributed by atoms with Crippen molar-refractivity contribution in [1.82, 2.24) is 10.6 Å². The van der Waals surface area contributed by atoms with E-state index < -0.39 is 0 Å². The van der Waals surface area contributed by atoms with Crippen LogP contribution in [-0.2, 0) is 6.42 Å². The van der Waals surface area contributed by atoms with Gasteiger partial charge in [0.15, 0.2) is 0 Å². The molecule has 0 aliphatic carbocycles. The lowest BCUT2D eigenvalue weighted by Crippen LogP contribution is -2.37. The first-order valence-corrected chi connectivity index (χ1v) is 8.02. The van der Waals surface area contributed by atoms with Crippen LogP contribution >= 0.6 is 0 Å². The lowest BCUT2D eigenvalue weighted by molar-refractivity contribution is 0.241. The molecule has 1 aromatic rings. The van der Waals surface area contributed by atoms with E-state index in [9.17, 15) is 9.90 Å². The van der Waals surface area contributed by atoms with E-state index in [-0.39, 0.29) is 11.8 Å². The van der Waals surface area contributed by atoms with E-state index >= 15 is 0 Å². The molecule has 0 aliphatic heterocycles. The van der Waals surface area contributed by atoms with Crippen molar-refractivity contribution in [3.8, 4) is 5.75 Å². The molecule has 0 atom stereocenters. The van der Waals surface area contributed by atoms with Crippen LogP contribution < -0.4 is 10.6 Å². The standard InChI is InChI=1S/C17H28N2O2/c1-2-3-4-5-6-7-13-18-17(21)19-14-12-15-8-10-16(20)11-9-15/h8-11,20H,2-7,12-14H2,1H3,(H2,18,19,21). The summed E-state index contributed by atoms with van der Waals surface area (Å²) in [5.74, 6) is 0.267. The van der Waals surface area contributed by atoms with Gasteiger partial charge in [-0.2, -0.15) is 0 Å². The van der Waals surface area contributed by atoms with Gasteiger partial charge < -0.3 is 15.7 Å². The number of rotatable bonds is 10. The third kappa shape index (κ3) is 8.95. The van der Waals surface area contributed by atoms with Crippen LogP contribution in [-0.4, -0.2) is 24.2 Å². The zero-order valence-electron chi connectivity index (χ0n) is 13.0. The molecule has 0 aliphatic rings. The zero-order chi connectivity index (χ0) is 15.3. The molecular weight excluding hydrogens is 264 g/mol. The minimum absolute atomic E-state index is 0.0951. The number of hydrogen-bond donors (Lipinski definition) is 3. The Balaban J connectivity index is 1.97. The first-order chi connectivity index (χ1) is 10.2. The summed E-state index contributed by atoms with van der Waals surface area (Å²) in [6.07, 6.45) is 8.15. The number of carbonyl (C=O) groups is 1. The summed E-state index contributed by atoms with van der Waals surface area (Å²) in [6, 6.07) is 6.96. The molecule has 0 saturated heterocycles. The lowest BCUT2D eigenvalue weighted by atomic mass is 10.1. The third-order valence-corrected chi connectivity index (χ3v) is 3.45. The Kier molecular flexibility index (Phi) is 9.09. The highest BCUT2D eigenvalue weighted by Crippen LogP contribution is 2.09. The molecular formula is C17H28N2O2. The van der Waals surface area contributed by atoms with E-state index in [1.54, 1.807) is 12.1 Å². The first kappa shape index (κ1) is 17.3. The predicted molar refractivity (Wildman–Crippen MR) is 86.6 cm³/mol. The first-order valence-electron chi connectivity index (χ1n) is 8.02. The second-order valence-corrected chi connectivity index (χ2v) is 5.37. The van der Waals surface area contributed by atoms with Crippen LogP contribution in [0.15, 0.2) is 24.3 Å². The van der Waals surface area contributed by atoms with Crippen molar-refractivity contribution in [2.24, 2.45) is 0 Å². The van der Waals surface area contributed by atoms with E-state index in [1.165, 1.54) is 32.1 Å². The van der Waals surface area contributed by atoms with Gasteiger partial charge in [-0.25, -0.2) is 4.79 Å². The molecule has 0 bridgehead atoms. The number of unbranched alkanes of at least 4 members (excludes halogenated alkanes) is 5. The van der Waals surface area contributed by atoms with Crippen molar-refractivity contribution in [2.45, 2.75) is 51.9 Å². The number of benzene rings is 1. The maximum Gasteiger partial charge on any atom is 0.314 e. The number of amides is 2. The van der Waals surface area contributed by atoms with E-state index in [4.69, 9.17) is 0 Å². The third-order valence-electron chi connectivity index (χ3n) is 3.45. The molecule has 2 amide bonds. The number of aromatic hydroxyl groups is 1. The lowest BCUT2D eigenvalue weighted by Gasteiger charge is -2.07. The van der Waals surface area contributed by atoms with Crippen LogP contribution in [0.2, 0.25) is 0 Å². The highest BCUT2D eigenvalue weighted by atomic mass is 16.3. The van der Waals surface area contributed by atoms with Crippen molar-refractivity contribution in [2.75, 3.05) is 13.1 Å². The van der Waals surface area contributed by atoms with Crippen molar-refractivity contribution in [1.29, 1.82) is 0 Å². The van der Waals surface area contributed by atoms with Crippen LogP contribution in [0.25, 0.3) is 0 Å². The summed E-state index contributed by atoms with van der Waals surface area (Å²) in [7, 11) is 0. The van der Waals surface area contributed by atoms with Gasteiger partial charge in [-0.1, -0.05) is 51.2 Å². The molecule has 3 N–H and O–H groups in total. The number of nitrogens with one attached hydrogen (secondary N) is 2. The van der Waals surface area contributed by atoms with Crippen molar-refractivity contribution in [3.63, 3.8) is 0 Å². The highest BCUT2D eigenvalue weighted by molar-refractivity contribution is 5.73.